The Hall–Kier alpha value is -2.08. The maximum absolute atomic E-state index is 6.39. The van der Waals surface area contributed by atoms with Crippen LogP contribution in [0.15, 0.2) is 12.1 Å². The van der Waals surface area contributed by atoms with E-state index in [0.717, 1.165) is 18.7 Å². The van der Waals surface area contributed by atoms with Gasteiger partial charge in [0.25, 0.3) is 0 Å². The van der Waals surface area contributed by atoms with Gasteiger partial charge in [0.15, 0.2) is 17.3 Å². The molecule has 0 aliphatic heterocycles. The van der Waals surface area contributed by atoms with E-state index in [-0.39, 0.29) is 0 Å². The van der Waals surface area contributed by atoms with Crippen LogP contribution >= 0.6 is 11.6 Å². The molecule has 0 saturated heterocycles. The van der Waals surface area contributed by atoms with Crippen LogP contribution in [0.3, 0.4) is 0 Å². The molecule has 4 N–H and O–H groups in total. The number of aryl methyl sites for hydroxylation is 1. The van der Waals surface area contributed by atoms with Crippen LogP contribution in [0.5, 0.6) is 11.5 Å². The molecule has 0 fully saturated rings. The third-order valence-electron chi connectivity index (χ3n) is 3.23. The number of nitrogens with two attached hydrogens (primary N) is 2. The van der Waals surface area contributed by atoms with Crippen molar-refractivity contribution in [2.45, 2.75) is 19.8 Å². The molecule has 1 aromatic heterocycles. The molecule has 2 aromatic rings. The molecule has 2 rings (SSSR count). The standard InChI is InChI=1S/C14H19ClN4O2/c1-4-5-10-18-12(14(16)19(10)17)8-6-7-9(20-2)13(21-3)11(8)15/h6-7H,4-5,16-17H2,1-3H3. The lowest BCUT2D eigenvalue weighted by Crippen LogP contribution is -2.15. The number of imidazole rings is 1. The first-order valence-corrected chi connectivity index (χ1v) is 6.95. The van der Waals surface area contributed by atoms with Crippen LogP contribution in [0.2, 0.25) is 5.02 Å². The third kappa shape index (κ3) is 2.58. The summed E-state index contributed by atoms with van der Waals surface area (Å²) < 4.78 is 11.9. The molecule has 0 saturated carbocycles. The van der Waals surface area contributed by atoms with Crippen molar-refractivity contribution in [1.29, 1.82) is 0 Å². The van der Waals surface area contributed by atoms with E-state index >= 15 is 0 Å². The Morgan fingerprint density at radius 3 is 2.57 bits per heavy atom. The number of hydrogen-bond acceptors (Lipinski definition) is 5. The van der Waals surface area contributed by atoms with Crippen molar-refractivity contribution in [2.24, 2.45) is 0 Å². The van der Waals surface area contributed by atoms with Gasteiger partial charge in [0.2, 0.25) is 0 Å². The number of hydrogen-bond donors (Lipinski definition) is 2. The van der Waals surface area contributed by atoms with Crippen LogP contribution in [0, 0.1) is 0 Å². The maximum Gasteiger partial charge on any atom is 0.180 e. The van der Waals surface area contributed by atoms with Gasteiger partial charge in [-0.3, -0.25) is 0 Å². The van der Waals surface area contributed by atoms with Crippen molar-refractivity contribution < 1.29 is 9.47 Å². The molecule has 21 heavy (non-hydrogen) atoms. The Bertz CT molecular complexity index is 655. The molecule has 0 atom stereocenters. The Morgan fingerprint density at radius 1 is 1.29 bits per heavy atom. The van der Waals surface area contributed by atoms with Gasteiger partial charge in [-0.25, -0.2) is 9.66 Å². The summed E-state index contributed by atoms with van der Waals surface area (Å²) in [6, 6.07) is 3.55. The highest BCUT2D eigenvalue weighted by molar-refractivity contribution is 6.35. The summed E-state index contributed by atoms with van der Waals surface area (Å²) in [5, 5.41) is 0.393. The Morgan fingerprint density at radius 2 is 2.00 bits per heavy atom. The summed E-state index contributed by atoms with van der Waals surface area (Å²) in [6.07, 6.45) is 1.67. The fourth-order valence-corrected chi connectivity index (χ4v) is 2.49. The maximum atomic E-state index is 6.39. The molecule has 0 amide bonds. The van der Waals surface area contributed by atoms with Gasteiger partial charge in [-0.15, -0.1) is 0 Å². The smallest absolute Gasteiger partial charge is 0.180 e. The summed E-state index contributed by atoms with van der Waals surface area (Å²) in [5.41, 5.74) is 7.25. The highest BCUT2D eigenvalue weighted by Gasteiger charge is 2.20. The molecule has 7 heteroatoms. The van der Waals surface area contributed by atoms with Crippen LogP contribution in [0.1, 0.15) is 19.2 Å². The number of nitrogen functional groups attached to an aromatic ring is 2. The first-order chi connectivity index (χ1) is 10.0. The lowest BCUT2D eigenvalue weighted by atomic mass is 10.1. The number of methoxy groups -OCH3 is 2. The molecule has 0 spiro atoms. The first-order valence-electron chi connectivity index (χ1n) is 6.58. The summed E-state index contributed by atoms with van der Waals surface area (Å²) in [4.78, 5) is 4.49. The molecule has 6 nitrogen and oxygen atoms in total. The van der Waals surface area contributed by atoms with Gasteiger partial charge < -0.3 is 21.1 Å². The van der Waals surface area contributed by atoms with Crippen LogP contribution < -0.4 is 21.1 Å². The Labute approximate surface area is 128 Å². The minimum Gasteiger partial charge on any atom is -0.493 e. The van der Waals surface area contributed by atoms with Crippen LogP contribution in [-0.2, 0) is 6.42 Å². The van der Waals surface area contributed by atoms with E-state index in [0.29, 0.717) is 33.6 Å². The zero-order valence-corrected chi connectivity index (χ0v) is 13.1. The average molecular weight is 311 g/mol. The van der Waals surface area contributed by atoms with Crippen LogP contribution in [0.25, 0.3) is 11.3 Å². The van der Waals surface area contributed by atoms with Crippen molar-refractivity contribution >= 4 is 17.4 Å². The number of rotatable bonds is 5. The average Bonchev–Trinajstić information content (AvgIpc) is 2.75. The second-order valence-corrected chi connectivity index (χ2v) is 4.92. The van der Waals surface area contributed by atoms with Crippen molar-refractivity contribution in [1.82, 2.24) is 9.66 Å². The first kappa shape index (κ1) is 15.3. The lowest BCUT2D eigenvalue weighted by molar-refractivity contribution is 0.355. The van der Waals surface area contributed by atoms with Gasteiger partial charge >= 0.3 is 0 Å². The number of anilines is 1. The van der Waals surface area contributed by atoms with Gasteiger partial charge in [-0.2, -0.15) is 0 Å². The lowest BCUT2D eigenvalue weighted by Gasteiger charge is -2.12. The van der Waals surface area contributed by atoms with E-state index < -0.39 is 0 Å². The zero-order chi connectivity index (χ0) is 15.6. The van der Waals surface area contributed by atoms with Crippen molar-refractivity contribution in [3.8, 4) is 22.8 Å². The van der Waals surface area contributed by atoms with Gasteiger partial charge in [-0.05, 0) is 18.6 Å². The molecule has 0 aliphatic rings. The van der Waals surface area contributed by atoms with E-state index in [1.807, 2.05) is 6.92 Å². The Kier molecular flexibility index (Phi) is 4.47. The normalized spacial score (nSPS) is 10.7. The molecule has 0 bridgehead atoms. The molecule has 0 aliphatic carbocycles. The molecule has 1 aromatic carbocycles. The quantitative estimate of drug-likeness (QED) is 0.828. The Balaban J connectivity index is 2.60. The molecule has 114 valence electrons. The summed E-state index contributed by atoms with van der Waals surface area (Å²) in [6.45, 7) is 2.05. The fraction of sp³-hybridized carbons (Fsp3) is 0.357. The number of ether oxygens (including phenoxy) is 2. The number of benzene rings is 1. The predicted molar refractivity (Wildman–Crippen MR) is 84.3 cm³/mol. The van der Waals surface area contributed by atoms with Crippen LogP contribution in [-0.4, -0.2) is 23.9 Å². The molecular formula is C14H19ClN4O2. The van der Waals surface area contributed by atoms with Crippen molar-refractivity contribution in [3.63, 3.8) is 0 Å². The van der Waals surface area contributed by atoms with Gasteiger partial charge in [-0.1, -0.05) is 18.5 Å². The van der Waals surface area contributed by atoms with Crippen LogP contribution in [0.4, 0.5) is 5.82 Å². The third-order valence-corrected chi connectivity index (χ3v) is 3.61. The highest BCUT2D eigenvalue weighted by atomic mass is 35.5. The minimum absolute atomic E-state index is 0.368. The molecule has 0 unspecified atom stereocenters. The number of nitrogens with zero attached hydrogens (tertiary/aromatic N) is 2. The monoisotopic (exact) mass is 310 g/mol. The summed E-state index contributed by atoms with van der Waals surface area (Å²) in [7, 11) is 3.08. The summed E-state index contributed by atoms with van der Waals surface area (Å²) in [5.74, 6) is 8.01. The van der Waals surface area contributed by atoms with Crippen molar-refractivity contribution in [2.75, 3.05) is 25.8 Å². The van der Waals surface area contributed by atoms with Gasteiger partial charge in [0.1, 0.15) is 11.5 Å². The predicted octanol–water partition coefficient (Wildman–Crippen LogP) is 2.47. The second-order valence-electron chi connectivity index (χ2n) is 4.54. The largest absolute Gasteiger partial charge is 0.493 e. The van der Waals surface area contributed by atoms with E-state index in [9.17, 15) is 0 Å². The second kappa shape index (κ2) is 6.13. The number of halogens is 1. The topological polar surface area (TPSA) is 88.3 Å². The molecule has 0 radical (unpaired) electrons. The molecular weight excluding hydrogens is 292 g/mol. The summed E-state index contributed by atoms with van der Waals surface area (Å²) >= 11 is 6.39. The van der Waals surface area contributed by atoms with Gasteiger partial charge in [0.05, 0.1) is 19.2 Å². The SMILES string of the molecule is CCCc1nc(-c2ccc(OC)c(OC)c2Cl)c(N)n1N. The van der Waals surface area contributed by atoms with E-state index in [1.54, 1.807) is 19.2 Å². The van der Waals surface area contributed by atoms with E-state index in [1.165, 1.54) is 11.8 Å². The van der Waals surface area contributed by atoms with E-state index in [2.05, 4.69) is 4.98 Å². The van der Waals surface area contributed by atoms with E-state index in [4.69, 9.17) is 32.7 Å². The molecule has 1 heterocycles. The zero-order valence-electron chi connectivity index (χ0n) is 12.3. The fourth-order valence-electron chi connectivity index (χ4n) is 2.16. The highest BCUT2D eigenvalue weighted by Crippen LogP contribution is 2.42. The minimum atomic E-state index is 0.368. The number of aromatic nitrogens is 2. The van der Waals surface area contributed by atoms with Gasteiger partial charge in [0, 0.05) is 12.0 Å². The van der Waals surface area contributed by atoms with Crippen molar-refractivity contribution in [3.05, 3.63) is 23.0 Å².